The molecule has 0 spiro atoms. The lowest BCUT2D eigenvalue weighted by Crippen LogP contribution is -2.35. The minimum absolute atomic E-state index is 0.0670. The van der Waals surface area contributed by atoms with Gasteiger partial charge in [0, 0.05) is 50.4 Å². The summed E-state index contributed by atoms with van der Waals surface area (Å²) in [5.74, 6) is 0.863. The molecule has 0 radical (unpaired) electrons. The summed E-state index contributed by atoms with van der Waals surface area (Å²) in [7, 11) is 1.69. The van der Waals surface area contributed by atoms with E-state index in [1.165, 1.54) is 0 Å². The first-order valence-corrected chi connectivity index (χ1v) is 7.40. The summed E-state index contributed by atoms with van der Waals surface area (Å²) in [6.45, 7) is 9.70. The van der Waals surface area contributed by atoms with Crippen LogP contribution < -0.4 is 10.1 Å². The number of methoxy groups -OCH3 is 1. The molecule has 120 valence electrons. The van der Waals surface area contributed by atoms with E-state index in [-0.39, 0.29) is 5.54 Å². The Kier molecular flexibility index (Phi) is 8.27. The van der Waals surface area contributed by atoms with Crippen molar-refractivity contribution in [2.75, 3.05) is 33.5 Å². The van der Waals surface area contributed by atoms with Crippen LogP contribution in [0.5, 0.6) is 5.75 Å². The Hall–Kier alpha value is -1.17. The average Bonchev–Trinajstić information content (AvgIpc) is 2.44. The van der Waals surface area contributed by atoms with Crippen LogP contribution in [0.3, 0.4) is 0 Å². The monoisotopic (exact) mass is 296 g/mol. The van der Waals surface area contributed by atoms with Gasteiger partial charge in [-0.3, -0.25) is 4.98 Å². The lowest BCUT2D eigenvalue weighted by atomic mass is 10.1. The van der Waals surface area contributed by atoms with Gasteiger partial charge in [0.15, 0.2) is 0 Å². The predicted octanol–water partition coefficient (Wildman–Crippen LogP) is 2.40. The van der Waals surface area contributed by atoms with Crippen LogP contribution in [0, 0.1) is 0 Å². The third-order valence-corrected chi connectivity index (χ3v) is 2.79. The first-order chi connectivity index (χ1) is 10.0. The fourth-order valence-corrected chi connectivity index (χ4v) is 1.67. The second kappa shape index (κ2) is 9.71. The van der Waals surface area contributed by atoms with Crippen LogP contribution >= 0.6 is 0 Å². The molecule has 0 aliphatic rings. The molecule has 5 nitrogen and oxygen atoms in total. The number of rotatable bonds is 10. The van der Waals surface area contributed by atoms with Crippen molar-refractivity contribution >= 4 is 0 Å². The third-order valence-electron chi connectivity index (χ3n) is 2.79. The fourth-order valence-electron chi connectivity index (χ4n) is 1.67. The molecular weight excluding hydrogens is 268 g/mol. The maximum Gasteiger partial charge on any atom is 0.126 e. The molecule has 0 saturated heterocycles. The Morgan fingerprint density at radius 1 is 1.14 bits per heavy atom. The highest BCUT2D eigenvalue weighted by Crippen LogP contribution is 2.17. The Bertz CT molecular complexity index is 391. The summed E-state index contributed by atoms with van der Waals surface area (Å²) in [4.78, 5) is 4.16. The van der Waals surface area contributed by atoms with Gasteiger partial charge in [0.2, 0.25) is 0 Å². The zero-order chi connectivity index (χ0) is 15.6. The van der Waals surface area contributed by atoms with Crippen LogP contribution in [0.4, 0.5) is 0 Å². The summed E-state index contributed by atoms with van der Waals surface area (Å²) in [5, 5.41) is 3.44. The van der Waals surface area contributed by atoms with Gasteiger partial charge in [0.05, 0.1) is 6.61 Å². The SMILES string of the molecule is COCCCOCCOc1ccncc1CNC(C)(C)C. The molecule has 0 atom stereocenters. The van der Waals surface area contributed by atoms with Gasteiger partial charge >= 0.3 is 0 Å². The van der Waals surface area contributed by atoms with Gasteiger partial charge in [-0.2, -0.15) is 0 Å². The second-order valence-corrected chi connectivity index (χ2v) is 5.89. The van der Waals surface area contributed by atoms with E-state index in [0.717, 1.165) is 30.9 Å². The van der Waals surface area contributed by atoms with Crippen LogP contribution in [-0.2, 0) is 16.0 Å². The topological polar surface area (TPSA) is 52.6 Å². The molecule has 1 rings (SSSR count). The van der Waals surface area contributed by atoms with E-state index < -0.39 is 0 Å². The van der Waals surface area contributed by atoms with E-state index >= 15 is 0 Å². The second-order valence-electron chi connectivity index (χ2n) is 5.89. The van der Waals surface area contributed by atoms with E-state index in [9.17, 15) is 0 Å². The van der Waals surface area contributed by atoms with Gasteiger partial charge in [0.1, 0.15) is 12.4 Å². The van der Waals surface area contributed by atoms with Crippen LogP contribution in [0.2, 0.25) is 0 Å². The van der Waals surface area contributed by atoms with Crippen molar-refractivity contribution < 1.29 is 14.2 Å². The predicted molar refractivity (Wildman–Crippen MR) is 83.6 cm³/mol. The summed E-state index contributed by atoms with van der Waals surface area (Å²) in [6.07, 6.45) is 4.50. The first kappa shape index (κ1) is 17.9. The lowest BCUT2D eigenvalue weighted by molar-refractivity contribution is 0.0803. The number of ether oxygens (including phenoxy) is 3. The minimum atomic E-state index is 0.0670. The molecule has 0 aliphatic heterocycles. The van der Waals surface area contributed by atoms with Gasteiger partial charge in [-0.25, -0.2) is 0 Å². The van der Waals surface area contributed by atoms with Crippen molar-refractivity contribution in [2.45, 2.75) is 39.3 Å². The van der Waals surface area contributed by atoms with Gasteiger partial charge in [0.25, 0.3) is 0 Å². The van der Waals surface area contributed by atoms with Gasteiger partial charge in [-0.1, -0.05) is 0 Å². The molecule has 0 unspecified atom stereocenters. The van der Waals surface area contributed by atoms with Crippen molar-refractivity contribution in [1.29, 1.82) is 0 Å². The third kappa shape index (κ3) is 8.65. The summed E-state index contributed by atoms with van der Waals surface area (Å²) in [5.41, 5.74) is 1.13. The Morgan fingerprint density at radius 3 is 2.67 bits per heavy atom. The maximum atomic E-state index is 5.77. The smallest absolute Gasteiger partial charge is 0.126 e. The lowest BCUT2D eigenvalue weighted by Gasteiger charge is -2.21. The standard InChI is InChI=1S/C16H28N2O3/c1-16(2,3)18-13-14-12-17-7-6-15(14)21-11-10-20-9-5-8-19-4/h6-7,12,18H,5,8-11,13H2,1-4H3. The highest BCUT2D eigenvalue weighted by Gasteiger charge is 2.11. The zero-order valence-electron chi connectivity index (χ0n) is 13.6. The molecule has 5 heteroatoms. The Morgan fingerprint density at radius 2 is 1.95 bits per heavy atom. The number of pyridine rings is 1. The molecule has 0 aromatic carbocycles. The molecule has 1 aromatic heterocycles. The molecule has 0 saturated carbocycles. The summed E-state index contributed by atoms with van der Waals surface area (Å²) in [6, 6.07) is 1.89. The van der Waals surface area contributed by atoms with Crippen molar-refractivity contribution in [3.8, 4) is 5.75 Å². The molecule has 0 aliphatic carbocycles. The van der Waals surface area contributed by atoms with Crippen molar-refractivity contribution in [3.63, 3.8) is 0 Å². The van der Waals surface area contributed by atoms with Crippen molar-refractivity contribution in [2.24, 2.45) is 0 Å². The Labute approximate surface area is 128 Å². The minimum Gasteiger partial charge on any atom is -0.491 e. The van der Waals surface area contributed by atoms with Crippen molar-refractivity contribution in [3.05, 3.63) is 24.0 Å². The van der Waals surface area contributed by atoms with E-state index in [2.05, 4.69) is 31.1 Å². The maximum absolute atomic E-state index is 5.77. The van der Waals surface area contributed by atoms with Crippen LogP contribution in [-0.4, -0.2) is 44.1 Å². The first-order valence-electron chi connectivity index (χ1n) is 7.40. The summed E-state index contributed by atoms with van der Waals surface area (Å²) < 4.78 is 16.2. The number of nitrogens with one attached hydrogen (secondary N) is 1. The molecule has 0 bridgehead atoms. The average molecular weight is 296 g/mol. The molecule has 0 amide bonds. The largest absolute Gasteiger partial charge is 0.491 e. The van der Waals surface area contributed by atoms with E-state index in [0.29, 0.717) is 19.8 Å². The number of hydrogen-bond acceptors (Lipinski definition) is 5. The van der Waals surface area contributed by atoms with Gasteiger partial charge in [-0.05, 0) is 33.3 Å². The Balaban J connectivity index is 2.31. The highest BCUT2D eigenvalue weighted by molar-refractivity contribution is 5.30. The normalized spacial score (nSPS) is 11.6. The molecular formula is C16H28N2O3. The van der Waals surface area contributed by atoms with Gasteiger partial charge < -0.3 is 19.5 Å². The number of aromatic nitrogens is 1. The van der Waals surface area contributed by atoms with Gasteiger partial charge in [-0.15, -0.1) is 0 Å². The van der Waals surface area contributed by atoms with Crippen LogP contribution in [0.1, 0.15) is 32.8 Å². The van der Waals surface area contributed by atoms with E-state index in [1.807, 2.05) is 12.3 Å². The molecule has 1 N–H and O–H groups in total. The number of hydrogen-bond donors (Lipinski definition) is 1. The zero-order valence-corrected chi connectivity index (χ0v) is 13.6. The van der Waals surface area contributed by atoms with E-state index in [4.69, 9.17) is 14.2 Å². The summed E-state index contributed by atoms with van der Waals surface area (Å²) >= 11 is 0. The van der Waals surface area contributed by atoms with E-state index in [1.54, 1.807) is 13.3 Å². The van der Waals surface area contributed by atoms with Crippen molar-refractivity contribution in [1.82, 2.24) is 10.3 Å². The fraction of sp³-hybridized carbons (Fsp3) is 0.688. The molecule has 1 heterocycles. The quantitative estimate of drug-likeness (QED) is 0.672. The van der Waals surface area contributed by atoms with Crippen LogP contribution in [0.15, 0.2) is 18.5 Å². The molecule has 21 heavy (non-hydrogen) atoms. The van der Waals surface area contributed by atoms with Crippen LogP contribution in [0.25, 0.3) is 0 Å². The highest BCUT2D eigenvalue weighted by atomic mass is 16.5. The molecule has 1 aromatic rings. The molecule has 0 fully saturated rings. The number of nitrogens with zero attached hydrogens (tertiary/aromatic N) is 1.